The third-order valence-corrected chi connectivity index (χ3v) is 4.84. The molecule has 2 heterocycles. The summed E-state index contributed by atoms with van der Waals surface area (Å²) in [6, 6.07) is 5.71. The Morgan fingerprint density at radius 1 is 1.48 bits per heavy atom. The molecule has 2 aromatic rings. The van der Waals surface area contributed by atoms with Gasteiger partial charge in [0.2, 0.25) is 0 Å². The monoisotopic (exact) mass is 348 g/mol. The summed E-state index contributed by atoms with van der Waals surface area (Å²) in [6.45, 7) is 5.02. The number of carbonyl (C=O) groups excluding carboxylic acids is 1. The molecular weight excluding hydrogens is 327 g/mol. The molecule has 2 atom stereocenters. The van der Waals surface area contributed by atoms with Gasteiger partial charge in [-0.2, -0.15) is 4.98 Å². The quantitative estimate of drug-likeness (QED) is 0.884. The van der Waals surface area contributed by atoms with Gasteiger partial charge in [0.25, 0.3) is 0 Å². The van der Waals surface area contributed by atoms with E-state index in [0.717, 1.165) is 5.56 Å². The minimum atomic E-state index is -0.332. The molecule has 1 aromatic carbocycles. The topological polar surface area (TPSA) is 91.5 Å². The number of hydrogen-bond donors (Lipinski definition) is 2. The van der Waals surface area contributed by atoms with Crippen molar-refractivity contribution in [2.75, 3.05) is 25.0 Å². The van der Waals surface area contributed by atoms with E-state index in [0.29, 0.717) is 25.3 Å². The highest BCUT2D eigenvalue weighted by Gasteiger charge is 2.41. The van der Waals surface area contributed by atoms with E-state index in [2.05, 4.69) is 15.5 Å². The molecule has 0 bridgehead atoms. The average Bonchev–Trinajstić information content (AvgIpc) is 3.15. The van der Waals surface area contributed by atoms with Crippen molar-refractivity contribution in [2.45, 2.75) is 20.3 Å². The Labute approximate surface area is 144 Å². The Kier molecular flexibility index (Phi) is 4.71. The molecule has 0 spiro atoms. The molecule has 1 saturated heterocycles. The van der Waals surface area contributed by atoms with Gasteiger partial charge in [-0.3, -0.25) is 5.32 Å². The molecule has 2 amide bonds. The second-order valence-corrected chi connectivity index (χ2v) is 6.84. The van der Waals surface area contributed by atoms with Crippen LogP contribution in [0.25, 0.3) is 0 Å². The van der Waals surface area contributed by atoms with Crippen LogP contribution < -0.4 is 5.32 Å². The van der Waals surface area contributed by atoms with Crippen LogP contribution in [0.15, 0.2) is 28.8 Å². The Hall–Kier alpha value is -2.48. The molecule has 1 aromatic heterocycles. The third kappa shape index (κ3) is 3.79. The normalized spacial score (nSPS) is 23.0. The first-order valence-corrected chi connectivity index (χ1v) is 8.13. The lowest BCUT2D eigenvalue weighted by atomic mass is 9.82. The van der Waals surface area contributed by atoms with Crippen molar-refractivity contribution in [3.63, 3.8) is 0 Å². The number of anilines is 1. The number of likely N-dealkylation sites (tertiary alicyclic amines) is 1. The second-order valence-electron chi connectivity index (χ2n) is 6.84. The van der Waals surface area contributed by atoms with Crippen LogP contribution in [0.4, 0.5) is 15.2 Å². The summed E-state index contributed by atoms with van der Waals surface area (Å²) in [5, 5.41) is 15.9. The van der Waals surface area contributed by atoms with Crippen LogP contribution in [0.3, 0.4) is 0 Å². The van der Waals surface area contributed by atoms with Crippen LogP contribution in [-0.2, 0) is 6.42 Å². The number of rotatable bonds is 4. The highest BCUT2D eigenvalue weighted by Crippen LogP contribution is 2.35. The maximum Gasteiger partial charge on any atom is 0.329 e. The molecule has 1 aliphatic rings. The maximum absolute atomic E-state index is 12.9. The van der Waals surface area contributed by atoms with Crippen molar-refractivity contribution < 1.29 is 18.8 Å². The van der Waals surface area contributed by atoms with Crippen LogP contribution in [0.2, 0.25) is 0 Å². The molecule has 1 aliphatic heterocycles. The molecular formula is C17H21FN4O3. The minimum Gasteiger partial charge on any atom is -0.396 e. The first-order valence-electron chi connectivity index (χ1n) is 8.13. The van der Waals surface area contributed by atoms with Gasteiger partial charge in [0.15, 0.2) is 5.82 Å². The van der Waals surface area contributed by atoms with Crippen LogP contribution >= 0.6 is 0 Å². The zero-order valence-corrected chi connectivity index (χ0v) is 14.2. The van der Waals surface area contributed by atoms with Gasteiger partial charge in [0.1, 0.15) is 5.82 Å². The van der Waals surface area contributed by atoms with E-state index in [1.807, 2.05) is 13.8 Å². The zero-order chi connectivity index (χ0) is 18.0. The molecule has 134 valence electrons. The summed E-state index contributed by atoms with van der Waals surface area (Å²) in [5.74, 6) is 0.288. The van der Waals surface area contributed by atoms with Crippen molar-refractivity contribution in [2.24, 2.45) is 11.3 Å². The van der Waals surface area contributed by atoms with Crippen LogP contribution in [-0.4, -0.2) is 45.9 Å². The number of aliphatic hydroxyl groups excluding tert-OH is 1. The van der Waals surface area contributed by atoms with Crippen LogP contribution in [0.5, 0.6) is 0 Å². The van der Waals surface area contributed by atoms with E-state index >= 15 is 0 Å². The molecule has 25 heavy (non-hydrogen) atoms. The number of hydrogen-bond acceptors (Lipinski definition) is 5. The molecule has 2 unspecified atom stereocenters. The van der Waals surface area contributed by atoms with Crippen LogP contribution in [0, 0.1) is 17.2 Å². The summed E-state index contributed by atoms with van der Waals surface area (Å²) in [5.41, 5.74) is 0.534. The highest BCUT2D eigenvalue weighted by atomic mass is 19.1. The smallest absolute Gasteiger partial charge is 0.329 e. The first kappa shape index (κ1) is 17.3. The number of amides is 2. The van der Waals surface area contributed by atoms with Gasteiger partial charge in [0.05, 0.1) is 6.61 Å². The van der Waals surface area contributed by atoms with Gasteiger partial charge in [-0.25, -0.2) is 9.18 Å². The van der Waals surface area contributed by atoms with Gasteiger partial charge in [-0.05, 0) is 23.6 Å². The molecule has 0 saturated carbocycles. The Balaban J connectivity index is 1.60. The number of nitrogens with one attached hydrogen (secondary N) is 1. The van der Waals surface area contributed by atoms with Crippen molar-refractivity contribution in [3.05, 3.63) is 41.5 Å². The lowest BCUT2D eigenvalue weighted by Crippen LogP contribution is -2.35. The number of urea groups is 1. The van der Waals surface area contributed by atoms with Crippen molar-refractivity contribution >= 4 is 12.0 Å². The zero-order valence-electron chi connectivity index (χ0n) is 14.2. The molecule has 2 N–H and O–H groups in total. The van der Waals surface area contributed by atoms with E-state index in [9.17, 15) is 14.3 Å². The number of carbonyl (C=O) groups is 1. The van der Waals surface area contributed by atoms with E-state index < -0.39 is 0 Å². The fraction of sp³-hybridized carbons (Fsp3) is 0.471. The lowest BCUT2D eigenvalue weighted by Gasteiger charge is -2.24. The minimum absolute atomic E-state index is 0.0207. The van der Waals surface area contributed by atoms with Gasteiger partial charge < -0.3 is 14.5 Å². The summed E-state index contributed by atoms with van der Waals surface area (Å²) < 4.78 is 18.0. The number of aromatic nitrogens is 2. The maximum atomic E-state index is 12.9. The molecule has 8 heteroatoms. The average molecular weight is 348 g/mol. The SMILES string of the molecule is CC1CN(C(=O)Nc2nc(Cc3ccc(F)cc3)no2)CC1(C)CO. The third-order valence-electron chi connectivity index (χ3n) is 4.84. The lowest BCUT2D eigenvalue weighted by molar-refractivity contribution is 0.119. The predicted octanol–water partition coefficient (Wildman–Crippen LogP) is 2.28. The largest absolute Gasteiger partial charge is 0.396 e. The van der Waals surface area contributed by atoms with Crippen molar-refractivity contribution in [3.8, 4) is 0 Å². The summed E-state index contributed by atoms with van der Waals surface area (Å²) in [4.78, 5) is 18.1. The first-order chi connectivity index (χ1) is 11.9. The number of aliphatic hydroxyl groups is 1. The Bertz CT molecular complexity index is 749. The van der Waals surface area contributed by atoms with Crippen molar-refractivity contribution in [1.82, 2.24) is 15.0 Å². The number of benzene rings is 1. The highest BCUT2D eigenvalue weighted by molar-refractivity contribution is 5.87. The molecule has 3 rings (SSSR count). The molecule has 7 nitrogen and oxygen atoms in total. The standard InChI is InChI=1S/C17H21FN4O3/c1-11-8-22(9-17(11,2)10-23)16(24)20-15-19-14(21-25-15)7-12-3-5-13(18)6-4-12/h3-6,11,23H,7-10H2,1-2H3,(H,19,20,21,24). The second kappa shape index (κ2) is 6.79. The van der Waals surface area contributed by atoms with Gasteiger partial charge in [0, 0.05) is 24.9 Å². The summed E-state index contributed by atoms with van der Waals surface area (Å²) >= 11 is 0. The fourth-order valence-corrected chi connectivity index (χ4v) is 2.90. The molecule has 0 aliphatic carbocycles. The summed E-state index contributed by atoms with van der Waals surface area (Å²) in [7, 11) is 0. The number of nitrogens with zero attached hydrogens (tertiary/aromatic N) is 3. The predicted molar refractivity (Wildman–Crippen MR) is 88.5 cm³/mol. The van der Waals surface area contributed by atoms with E-state index in [1.54, 1.807) is 17.0 Å². The van der Waals surface area contributed by atoms with E-state index in [1.165, 1.54) is 12.1 Å². The van der Waals surface area contributed by atoms with Gasteiger partial charge >= 0.3 is 12.0 Å². The van der Waals surface area contributed by atoms with Gasteiger partial charge in [-0.15, -0.1) is 0 Å². The molecule has 0 radical (unpaired) electrons. The van der Waals surface area contributed by atoms with E-state index in [-0.39, 0.29) is 35.8 Å². The fourth-order valence-electron chi connectivity index (χ4n) is 2.90. The van der Waals surface area contributed by atoms with Gasteiger partial charge in [-0.1, -0.05) is 31.1 Å². The Morgan fingerprint density at radius 3 is 2.84 bits per heavy atom. The molecule has 1 fully saturated rings. The Morgan fingerprint density at radius 2 is 2.20 bits per heavy atom. The summed E-state index contributed by atoms with van der Waals surface area (Å²) in [6.07, 6.45) is 0.378. The van der Waals surface area contributed by atoms with Crippen LogP contribution in [0.1, 0.15) is 25.2 Å². The van der Waals surface area contributed by atoms with E-state index in [4.69, 9.17) is 4.52 Å². The number of halogens is 1. The van der Waals surface area contributed by atoms with Crippen molar-refractivity contribution in [1.29, 1.82) is 0 Å².